The summed E-state index contributed by atoms with van der Waals surface area (Å²) in [5.41, 5.74) is 0. The van der Waals surface area contributed by atoms with Crippen molar-refractivity contribution in [2.24, 2.45) is 17.8 Å². The quantitative estimate of drug-likeness (QED) is 0.416. The van der Waals surface area contributed by atoms with Crippen LogP contribution in [0.4, 0.5) is 0 Å². The summed E-state index contributed by atoms with van der Waals surface area (Å²) in [5.74, 6) is -1.24. The van der Waals surface area contributed by atoms with Gasteiger partial charge < -0.3 is 39.7 Å². The molecule has 5 N–H and O–H groups in total. The van der Waals surface area contributed by atoms with Crippen molar-refractivity contribution in [3.05, 3.63) is 0 Å². The molecule has 0 saturated carbocycles. The average Bonchev–Trinajstić information content (AvgIpc) is 2.55. The first kappa shape index (κ1) is 19.0. The van der Waals surface area contributed by atoms with Crippen LogP contribution in [0.2, 0.25) is 0 Å². The van der Waals surface area contributed by atoms with Gasteiger partial charge in [-0.3, -0.25) is 0 Å². The van der Waals surface area contributed by atoms with Crippen LogP contribution in [0.15, 0.2) is 0 Å². The van der Waals surface area contributed by atoms with Crippen LogP contribution >= 0.6 is 0 Å². The molecule has 0 aromatic carbocycles. The molecule has 10 atom stereocenters. The molecule has 2 aliphatic rings. The summed E-state index contributed by atoms with van der Waals surface area (Å²) >= 11 is 0. The molecule has 136 valence electrons. The van der Waals surface area contributed by atoms with Gasteiger partial charge in [-0.15, -0.1) is 0 Å². The standard InChI is InChI=1S/C15H28O8/c1-6-9(4-16)22-15(8(3)11(6)18)23-13-10(5-17)21-14(20)7(2)12(13)19/h6-20H,4-5H2,1-3H3/t6-,7?,8-,9?,10?,11?,12-,13?,14-,15?/m1/s1. The highest BCUT2D eigenvalue weighted by molar-refractivity contribution is 4.90. The predicted octanol–water partition coefficient (Wildman–Crippen LogP) is -1.57. The van der Waals surface area contributed by atoms with Crippen LogP contribution in [0.1, 0.15) is 20.8 Å². The average molecular weight is 336 g/mol. The highest BCUT2D eigenvalue weighted by atomic mass is 16.7. The van der Waals surface area contributed by atoms with E-state index in [-0.39, 0.29) is 18.4 Å². The van der Waals surface area contributed by atoms with Gasteiger partial charge in [0.05, 0.1) is 31.5 Å². The first-order valence-corrected chi connectivity index (χ1v) is 8.04. The topological polar surface area (TPSA) is 129 Å². The lowest BCUT2D eigenvalue weighted by Gasteiger charge is -2.46. The van der Waals surface area contributed by atoms with Gasteiger partial charge in [0.15, 0.2) is 12.6 Å². The van der Waals surface area contributed by atoms with E-state index < -0.39 is 55.6 Å². The van der Waals surface area contributed by atoms with Crippen LogP contribution in [-0.2, 0) is 14.2 Å². The van der Waals surface area contributed by atoms with Crippen LogP contribution in [-0.4, -0.2) is 81.8 Å². The third-order valence-electron chi connectivity index (χ3n) is 5.06. The van der Waals surface area contributed by atoms with Crippen molar-refractivity contribution in [1.29, 1.82) is 0 Å². The molecule has 6 unspecified atom stereocenters. The van der Waals surface area contributed by atoms with Crippen molar-refractivity contribution in [2.75, 3.05) is 13.2 Å². The van der Waals surface area contributed by atoms with Crippen LogP contribution in [0.3, 0.4) is 0 Å². The zero-order valence-corrected chi connectivity index (χ0v) is 13.6. The Labute approximate surface area is 135 Å². The van der Waals surface area contributed by atoms with E-state index in [1.165, 1.54) is 0 Å². The van der Waals surface area contributed by atoms with Crippen LogP contribution in [0, 0.1) is 17.8 Å². The number of hydrogen-bond donors (Lipinski definition) is 5. The lowest BCUT2D eigenvalue weighted by atomic mass is 9.85. The second-order valence-corrected chi connectivity index (χ2v) is 6.63. The van der Waals surface area contributed by atoms with Gasteiger partial charge in [0.25, 0.3) is 0 Å². The van der Waals surface area contributed by atoms with E-state index in [1.54, 1.807) is 20.8 Å². The minimum absolute atomic E-state index is 0.253. The second-order valence-electron chi connectivity index (χ2n) is 6.63. The molecule has 8 heteroatoms. The number of aliphatic hydroxyl groups excluding tert-OH is 5. The van der Waals surface area contributed by atoms with Crippen molar-refractivity contribution in [3.63, 3.8) is 0 Å². The van der Waals surface area contributed by atoms with Crippen LogP contribution < -0.4 is 0 Å². The predicted molar refractivity (Wildman–Crippen MR) is 78.1 cm³/mol. The van der Waals surface area contributed by atoms with E-state index >= 15 is 0 Å². The monoisotopic (exact) mass is 336 g/mol. The molecule has 2 saturated heterocycles. The van der Waals surface area contributed by atoms with Gasteiger partial charge >= 0.3 is 0 Å². The molecular weight excluding hydrogens is 308 g/mol. The molecule has 2 fully saturated rings. The number of hydrogen-bond acceptors (Lipinski definition) is 8. The molecule has 0 amide bonds. The summed E-state index contributed by atoms with van der Waals surface area (Å²) in [6.45, 7) is 4.45. The largest absolute Gasteiger partial charge is 0.394 e. The highest BCUT2D eigenvalue weighted by Crippen LogP contribution is 2.34. The third-order valence-corrected chi connectivity index (χ3v) is 5.06. The fourth-order valence-electron chi connectivity index (χ4n) is 3.18. The Bertz CT molecular complexity index is 376. The Morgan fingerprint density at radius 1 is 0.783 bits per heavy atom. The first-order chi connectivity index (χ1) is 10.8. The fourth-order valence-corrected chi connectivity index (χ4v) is 3.18. The van der Waals surface area contributed by atoms with Crippen molar-refractivity contribution in [2.45, 2.75) is 63.9 Å². The van der Waals surface area contributed by atoms with Gasteiger partial charge in [-0.25, -0.2) is 0 Å². The Morgan fingerprint density at radius 3 is 1.96 bits per heavy atom. The molecular formula is C15H28O8. The van der Waals surface area contributed by atoms with Gasteiger partial charge in [-0.2, -0.15) is 0 Å². The Balaban J connectivity index is 2.11. The molecule has 2 heterocycles. The molecule has 0 aromatic rings. The Kier molecular flexibility index (Phi) is 6.37. The third kappa shape index (κ3) is 3.69. The zero-order chi connectivity index (χ0) is 17.3. The fraction of sp³-hybridized carbons (Fsp3) is 1.00. The van der Waals surface area contributed by atoms with Crippen molar-refractivity contribution in [1.82, 2.24) is 0 Å². The summed E-state index contributed by atoms with van der Waals surface area (Å²) in [7, 11) is 0. The summed E-state index contributed by atoms with van der Waals surface area (Å²) in [4.78, 5) is 0. The van der Waals surface area contributed by atoms with Crippen LogP contribution in [0.5, 0.6) is 0 Å². The first-order valence-electron chi connectivity index (χ1n) is 8.04. The Hall–Kier alpha value is -0.320. The summed E-state index contributed by atoms with van der Waals surface area (Å²) in [6, 6.07) is 0. The molecule has 23 heavy (non-hydrogen) atoms. The Morgan fingerprint density at radius 2 is 1.39 bits per heavy atom. The van der Waals surface area contributed by atoms with E-state index in [0.717, 1.165) is 0 Å². The smallest absolute Gasteiger partial charge is 0.163 e. The van der Waals surface area contributed by atoms with E-state index in [2.05, 4.69) is 0 Å². The SMILES string of the molecule is CC1[C@@H](O)C(OC2OC(CO)[C@@H](C)C(O)[C@H]2C)C(CO)O[C@H]1O. The molecule has 8 nitrogen and oxygen atoms in total. The van der Waals surface area contributed by atoms with E-state index in [4.69, 9.17) is 14.2 Å². The maximum absolute atomic E-state index is 10.3. The molecule has 0 radical (unpaired) electrons. The van der Waals surface area contributed by atoms with Gasteiger partial charge in [-0.1, -0.05) is 20.8 Å². The zero-order valence-electron chi connectivity index (χ0n) is 13.6. The van der Waals surface area contributed by atoms with Gasteiger partial charge in [0.1, 0.15) is 12.2 Å². The number of rotatable bonds is 4. The molecule has 0 bridgehead atoms. The lowest BCUT2D eigenvalue weighted by molar-refractivity contribution is -0.335. The summed E-state index contributed by atoms with van der Waals surface area (Å²) in [5, 5.41) is 49.1. The van der Waals surface area contributed by atoms with E-state index in [0.29, 0.717) is 0 Å². The van der Waals surface area contributed by atoms with Gasteiger partial charge in [0, 0.05) is 17.8 Å². The lowest BCUT2D eigenvalue weighted by Crippen LogP contribution is -2.59. The van der Waals surface area contributed by atoms with Crippen molar-refractivity contribution in [3.8, 4) is 0 Å². The molecule has 2 rings (SSSR count). The van der Waals surface area contributed by atoms with Gasteiger partial charge in [0.2, 0.25) is 0 Å². The maximum atomic E-state index is 10.3. The second kappa shape index (κ2) is 7.71. The molecule has 0 spiro atoms. The number of aliphatic hydroxyl groups is 5. The van der Waals surface area contributed by atoms with Crippen LogP contribution in [0.25, 0.3) is 0 Å². The molecule has 0 aromatic heterocycles. The summed E-state index contributed by atoms with van der Waals surface area (Å²) < 4.78 is 16.7. The maximum Gasteiger partial charge on any atom is 0.163 e. The van der Waals surface area contributed by atoms with Crippen molar-refractivity contribution < 1.29 is 39.7 Å². The normalized spacial score (nSPS) is 51.7. The highest BCUT2D eigenvalue weighted by Gasteiger charge is 2.47. The van der Waals surface area contributed by atoms with E-state index in [1.807, 2.05) is 0 Å². The summed E-state index contributed by atoms with van der Waals surface area (Å²) in [6.07, 6.45) is -6.25. The molecule has 0 aliphatic carbocycles. The minimum Gasteiger partial charge on any atom is -0.394 e. The van der Waals surface area contributed by atoms with Gasteiger partial charge in [-0.05, 0) is 0 Å². The number of ether oxygens (including phenoxy) is 3. The minimum atomic E-state index is -1.19. The van der Waals surface area contributed by atoms with E-state index in [9.17, 15) is 25.5 Å². The van der Waals surface area contributed by atoms with Crippen molar-refractivity contribution >= 4 is 0 Å². The molecule has 2 aliphatic heterocycles.